The molecule has 1 heterocycles. The van der Waals surface area contributed by atoms with Crippen LogP contribution in [0.1, 0.15) is 11.4 Å². The zero-order valence-electron chi connectivity index (χ0n) is 10.7. The number of benzene rings is 1. The molecule has 6 heteroatoms. The number of amides is 1. The van der Waals surface area contributed by atoms with Gasteiger partial charge in [0.15, 0.2) is 6.61 Å². The quantitative estimate of drug-likeness (QED) is 0.813. The highest BCUT2D eigenvalue weighted by molar-refractivity contribution is 14.1. The molecule has 0 bridgehead atoms. The molecule has 0 unspecified atom stereocenters. The lowest BCUT2D eigenvalue weighted by atomic mass is 10.3. The molecule has 19 heavy (non-hydrogen) atoms. The first-order valence-electron chi connectivity index (χ1n) is 5.76. The third-order valence-corrected chi connectivity index (χ3v) is 3.30. The highest BCUT2D eigenvalue weighted by atomic mass is 127. The number of halogens is 1. The van der Waals surface area contributed by atoms with Crippen LogP contribution in [0, 0.1) is 17.4 Å². The van der Waals surface area contributed by atoms with Gasteiger partial charge in [-0.15, -0.1) is 0 Å². The Labute approximate surface area is 124 Å². The summed E-state index contributed by atoms with van der Waals surface area (Å²) < 4.78 is 6.53. The van der Waals surface area contributed by atoms with Crippen LogP contribution in [0.4, 0.5) is 5.69 Å². The molecule has 0 aliphatic heterocycles. The first kappa shape index (κ1) is 13.9. The fourth-order valence-corrected chi connectivity index (χ4v) is 1.95. The lowest BCUT2D eigenvalue weighted by molar-refractivity contribution is -0.118. The summed E-state index contributed by atoms with van der Waals surface area (Å²) in [5.41, 5.74) is 2.32. The third kappa shape index (κ3) is 3.69. The van der Waals surface area contributed by atoms with Crippen molar-refractivity contribution in [2.75, 3.05) is 11.9 Å². The van der Waals surface area contributed by atoms with Gasteiger partial charge in [-0.25, -0.2) is 0 Å². The molecule has 0 saturated carbocycles. The maximum Gasteiger partial charge on any atom is 0.262 e. The number of anilines is 1. The number of H-pyrrole nitrogens is 1. The van der Waals surface area contributed by atoms with Crippen molar-refractivity contribution in [3.63, 3.8) is 0 Å². The summed E-state index contributed by atoms with van der Waals surface area (Å²) in [5.74, 6) is 0.474. The Balaban J connectivity index is 1.90. The van der Waals surface area contributed by atoms with Crippen molar-refractivity contribution in [3.05, 3.63) is 39.2 Å². The van der Waals surface area contributed by atoms with Crippen LogP contribution in [0.15, 0.2) is 24.3 Å². The second kappa shape index (κ2) is 6.05. The molecular formula is C13H14IN3O2. The summed E-state index contributed by atoms with van der Waals surface area (Å²) >= 11 is 2.21. The molecule has 2 aromatic rings. The van der Waals surface area contributed by atoms with Crippen molar-refractivity contribution in [2.24, 2.45) is 0 Å². The summed E-state index contributed by atoms with van der Waals surface area (Å²) in [6, 6.07) is 7.53. The summed E-state index contributed by atoms with van der Waals surface area (Å²) in [5, 5.41) is 9.61. The number of aryl methyl sites for hydroxylation is 2. The third-order valence-electron chi connectivity index (χ3n) is 2.58. The summed E-state index contributed by atoms with van der Waals surface area (Å²) in [6.45, 7) is 3.67. The van der Waals surface area contributed by atoms with E-state index in [0.29, 0.717) is 5.75 Å². The van der Waals surface area contributed by atoms with Gasteiger partial charge in [-0.2, -0.15) is 5.10 Å². The van der Waals surface area contributed by atoms with Crippen molar-refractivity contribution >= 4 is 34.2 Å². The minimum Gasteiger partial charge on any atom is -0.484 e. The van der Waals surface area contributed by atoms with Crippen molar-refractivity contribution in [1.82, 2.24) is 10.2 Å². The number of carbonyl (C=O) groups is 1. The van der Waals surface area contributed by atoms with E-state index in [9.17, 15) is 4.79 Å². The van der Waals surface area contributed by atoms with E-state index >= 15 is 0 Å². The highest BCUT2D eigenvalue weighted by Gasteiger charge is 2.10. The van der Waals surface area contributed by atoms with Crippen molar-refractivity contribution in [2.45, 2.75) is 13.8 Å². The van der Waals surface area contributed by atoms with Gasteiger partial charge in [-0.1, -0.05) is 0 Å². The zero-order valence-corrected chi connectivity index (χ0v) is 12.8. The molecule has 2 N–H and O–H groups in total. The zero-order chi connectivity index (χ0) is 13.8. The van der Waals surface area contributed by atoms with Gasteiger partial charge in [0.2, 0.25) is 0 Å². The van der Waals surface area contributed by atoms with Crippen molar-refractivity contribution < 1.29 is 9.53 Å². The van der Waals surface area contributed by atoms with Gasteiger partial charge in [0.1, 0.15) is 5.75 Å². The molecule has 1 aromatic carbocycles. The van der Waals surface area contributed by atoms with Gasteiger partial charge >= 0.3 is 0 Å². The van der Waals surface area contributed by atoms with E-state index in [1.54, 1.807) is 0 Å². The molecule has 5 nitrogen and oxygen atoms in total. The molecule has 0 aliphatic carbocycles. The number of hydrogen-bond acceptors (Lipinski definition) is 3. The fraction of sp³-hybridized carbons (Fsp3) is 0.231. The minimum atomic E-state index is -0.203. The van der Waals surface area contributed by atoms with Gasteiger partial charge in [0, 0.05) is 3.57 Å². The molecule has 0 radical (unpaired) electrons. The second-order valence-corrected chi connectivity index (χ2v) is 5.35. The molecular weight excluding hydrogens is 357 g/mol. The first-order valence-corrected chi connectivity index (χ1v) is 6.84. The smallest absolute Gasteiger partial charge is 0.262 e. The van der Waals surface area contributed by atoms with E-state index in [0.717, 1.165) is 20.6 Å². The number of hydrogen-bond donors (Lipinski definition) is 2. The number of rotatable bonds is 4. The van der Waals surface area contributed by atoms with E-state index < -0.39 is 0 Å². The lowest BCUT2D eigenvalue weighted by Gasteiger charge is -2.07. The number of aromatic amines is 1. The highest BCUT2D eigenvalue weighted by Crippen LogP contribution is 2.16. The molecule has 0 aliphatic rings. The molecule has 0 atom stereocenters. The first-order chi connectivity index (χ1) is 9.06. The summed E-state index contributed by atoms with van der Waals surface area (Å²) in [4.78, 5) is 11.8. The predicted molar refractivity (Wildman–Crippen MR) is 81.3 cm³/mol. The number of carbonyl (C=O) groups excluding carboxylic acids is 1. The topological polar surface area (TPSA) is 67.0 Å². The van der Waals surface area contributed by atoms with E-state index in [-0.39, 0.29) is 12.5 Å². The molecule has 100 valence electrons. The Kier molecular flexibility index (Phi) is 4.41. The van der Waals surface area contributed by atoms with E-state index in [2.05, 4.69) is 38.1 Å². The fourth-order valence-electron chi connectivity index (χ4n) is 1.59. The van der Waals surface area contributed by atoms with Crippen LogP contribution >= 0.6 is 22.6 Å². The van der Waals surface area contributed by atoms with Crippen LogP contribution in [0.5, 0.6) is 5.75 Å². The largest absolute Gasteiger partial charge is 0.484 e. The van der Waals surface area contributed by atoms with Crippen LogP contribution in [0.3, 0.4) is 0 Å². The van der Waals surface area contributed by atoms with Crippen LogP contribution in [0.2, 0.25) is 0 Å². The van der Waals surface area contributed by atoms with Crippen molar-refractivity contribution in [3.8, 4) is 5.75 Å². The van der Waals surface area contributed by atoms with Gasteiger partial charge in [0.05, 0.1) is 17.1 Å². The number of nitrogens with one attached hydrogen (secondary N) is 2. The summed E-state index contributed by atoms with van der Waals surface area (Å²) in [6.07, 6.45) is 0. The maximum atomic E-state index is 11.8. The van der Waals surface area contributed by atoms with Crippen molar-refractivity contribution in [1.29, 1.82) is 0 Å². The second-order valence-electron chi connectivity index (χ2n) is 4.10. The molecule has 1 amide bonds. The standard InChI is InChI=1S/C13H14IN3O2/c1-8-13(9(2)17-16-8)15-12(18)7-19-11-5-3-10(14)4-6-11/h3-6H,7H2,1-2H3,(H,15,18)(H,16,17). The lowest BCUT2D eigenvalue weighted by Crippen LogP contribution is -2.20. The van der Waals surface area contributed by atoms with Crippen LogP contribution in [-0.4, -0.2) is 22.7 Å². The van der Waals surface area contributed by atoms with Crippen LogP contribution in [-0.2, 0) is 4.79 Å². The number of nitrogens with zero attached hydrogens (tertiary/aromatic N) is 1. The Bertz CT molecular complexity index is 559. The molecule has 1 aromatic heterocycles. The number of ether oxygens (including phenoxy) is 1. The molecule has 0 spiro atoms. The Morgan fingerprint density at radius 3 is 2.63 bits per heavy atom. The maximum absolute atomic E-state index is 11.8. The predicted octanol–water partition coefficient (Wildman–Crippen LogP) is 2.65. The summed E-state index contributed by atoms with van der Waals surface area (Å²) in [7, 11) is 0. The Morgan fingerprint density at radius 1 is 1.37 bits per heavy atom. The van der Waals surface area contributed by atoms with Gasteiger partial charge < -0.3 is 10.1 Å². The molecule has 0 fully saturated rings. The van der Waals surface area contributed by atoms with Gasteiger partial charge in [-0.05, 0) is 60.7 Å². The average Bonchev–Trinajstić information content (AvgIpc) is 2.70. The Hall–Kier alpha value is -1.57. The molecule has 0 saturated heterocycles. The minimum absolute atomic E-state index is 0.0232. The Morgan fingerprint density at radius 2 is 2.05 bits per heavy atom. The SMILES string of the molecule is Cc1n[nH]c(C)c1NC(=O)COc1ccc(I)cc1. The van der Waals surface area contributed by atoms with E-state index in [1.807, 2.05) is 38.1 Å². The van der Waals surface area contributed by atoms with E-state index in [1.165, 1.54) is 0 Å². The van der Waals surface area contributed by atoms with Crippen LogP contribution < -0.4 is 10.1 Å². The molecule has 2 rings (SSSR count). The van der Waals surface area contributed by atoms with E-state index in [4.69, 9.17) is 4.74 Å². The van der Waals surface area contributed by atoms with Gasteiger partial charge in [0.25, 0.3) is 5.91 Å². The average molecular weight is 371 g/mol. The number of aromatic nitrogens is 2. The van der Waals surface area contributed by atoms with Gasteiger partial charge in [-0.3, -0.25) is 9.89 Å². The van der Waals surface area contributed by atoms with Crippen LogP contribution in [0.25, 0.3) is 0 Å². The normalized spacial score (nSPS) is 10.3. The monoisotopic (exact) mass is 371 g/mol.